The lowest BCUT2D eigenvalue weighted by Crippen LogP contribution is -2.19. The average Bonchev–Trinajstić information content (AvgIpc) is 2.53. The highest BCUT2D eigenvalue weighted by atomic mass is 16.5. The Bertz CT molecular complexity index is 733. The third kappa shape index (κ3) is 3.10. The van der Waals surface area contributed by atoms with E-state index in [4.69, 9.17) is 5.21 Å². The molecule has 0 fully saturated rings. The first-order chi connectivity index (χ1) is 10.4. The van der Waals surface area contributed by atoms with Crippen LogP contribution in [0.5, 0.6) is 0 Å². The van der Waals surface area contributed by atoms with E-state index >= 15 is 0 Å². The van der Waals surface area contributed by atoms with Crippen LogP contribution >= 0.6 is 0 Å². The van der Waals surface area contributed by atoms with Crippen molar-refractivity contribution >= 4 is 17.5 Å². The third-order valence-electron chi connectivity index (χ3n) is 3.33. The summed E-state index contributed by atoms with van der Waals surface area (Å²) in [5, 5.41) is 8.84. The highest BCUT2D eigenvalue weighted by molar-refractivity contribution is 6.04. The van der Waals surface area contributed by atoms with Gasteiger partial charge in [-0.3, -0.25) is 19.6 Å². The van der Waals surface area contributed by atoms with Crippen molar-refractivity contribution in [2.75, 3.05) is 0 Å². The van der Waals surface area contributed by atoms with E-state index in [1.54, 1.807) is 41.9 Å². The Morgan fingerprint density at radius 3 is 1.95 bits per heavy atom. The highest BCUT2D eigenvalue weighted by Gasteiger charge is 2.15. The number of hydrogen-bond acceptors (Lipinski definition) is 4. The molecule has 0 bridgehead atoms. The molecule has 0 unspecified atom stereocenters. The molecule has 0 aliphatic rings. The first kappa shape index (κ1) is 15.6. The van der Waals surface area contributed by atoms with Crippen LogP contribution in [0, 0.1) is 0 Å². The molecule has 2 aromatic rings. The number of hydrogen-bond donors (Lipinski definition) is 2. The standard InChI is InChI=1S/C17H15NO4/c1-10(19)12-7-13(11(2)20)9-14(8-12)15-5-3-4-6-16(15)17(21)18-22/h3-9,22H,1-2H3,(H,18,21). The van der Waals surface area contributed by atoms with Gasteiger partial charge in [0.05, 0.1) is 0 Å². The second kappa shape index (κ2) is 6.32. The first-order valence-electron chi connectivity index (χ1n) is 6.65. The molecule has 0 aliphatic carbocycles. The number of hydroxylamine groups is 1. The van der Waals surface area contributed by atoms with Crippen LogP contribution in [0.2, 0.25) is 0 Å². The second-order valence-electron chi connectivity index (χ2n) is 4.90. The summed E-state index contributed by atoms with van der Waals surface area (Å²) in [7, 11) is 0. The van der Waals surface area contributed by atoms with Crippen LogP contribution in [0.15, 0.2) is 42.5 Å². The van der Waals surface area contributed by atoms with Crippen LogP contribution in [0.25, 0.3) is 11.1 Å². The molecule has 0 saturated heterocycles. The summed E-state index contributed by atoms with van der Waals surface area (Å²) in [6, 6.07) is 11.4. The zero-order valence-corrected chi connectivity index (χ0v) is 12.2. The van der Waals surface area contributed by atoms with E-state index in [1.165, 1.54) is 19.9 Å². The fourth-order valence-corrected chi connectivity index (χ4v) is 2.18. The maximum Gasteiger partial charge on any atom is 0.275 e. The number of ketones is 2. The van der Waals surface area contributed by atoms with E-state index in [9.17, 15) is 14.4 Å². The van der Waals surface area contributed by atoms with E-state index in [0.717, 1.165) is 0 Å². The summed E-state index contributed by atoms with van der Waals surface area (Å²) in [6.45, 7) is 2.82. The molecule has 112 valence electrons. The molecule has 0 aliphatic heterocycles. The molecule has 22 heavy (non-hydrogen) atoms. The summed E-state index contributed by atoms with van der Waals surface area (Å²) in [4.78, 5) is 35.0. The van der Waals surface area contributed by atoms with Crippen LogP contribution in [0.4, 0.5) is 0 Å². The minimum atomic E-state index is -0.659. The lowest BCUT2D eigenvalue weighted by atomic mass is 9.94. The molecular weight excluding hydrogens is 282 g/mol. The predicted molar refractivity (Wildman–Crippen MR) is 81.1 cm³/mol. The lowest BCUT2D eigenvalue weighted by Gasteiger charge is -2.10. The van der Waals surface area contributed by atoms with Crippen molar-refractivity contribution in [3.8, 4) is 11.1 Å². The Morgan fingerprint density at radius 1 is 0.909 bits per heavy atom. The van der Waals surface area contributed by atoms with Crippen molar-refractivity contribution in [1.29, 1.82) is 0 Å². The molecule has 0 spiro atoms. The minimum Gasteiger partial charge on any atom is -0.295 e. The smallest absolute Gasteiger partial charge is 0.275 e. The third-order valence-corrected chi connectivity index (χ3v) is 3.33. The number of benzene rings is 2. The quantitative estimate of drug-likeness (QED) is 0.516. The molecule has 2 N–H and O–H groups in total. The number of carbonyl (C=O) groups excluding carboxylic acids is 3. The zero-order valence-electron chi connectivity index (χ0n) is 12.2. The Balaban J connectivity index is 2.69. The van der Waals surface area contributed by atoms with E-state index in [-0.39, 0.29) is 17.1 Å². The van der Waals surface area contributed by atoms with E-state index in [0.29, 0.717) is 22.3 Å². The summed E-state index contributed by atoms with van der Waals surface area (Å²) < 4.78 is 0. The Hall–Kier alpha value is -2.79. The van der Waals surface area contributed by atoms with Crippen molar-refractivity contribution in [2.24, 2.45) is 0 Å². The van der Waals surface area contributed by atoms with E-state index < -0.39 is 5.91 Å². The summed E-state index contributed by atoms with van der Waals surface area (Å²) >= 11 is 0. The van der Waals surface area contributed by atoms with Gasteiger partial charge in [0, 0.05) is 16.7 Å². The van der Waals surface area contributed by atoms with Gasteiger partial charge in [0.1, 0.15) is 0 Å². The van der Waals surface area contributed by atoms with E-state index in [2.05, 4.69) is 0 Å². The van der Waals surface area contributed by atoms with Crippen LogP contribution in [-0.4, -0.2) is 22.7 Å². The molecule has 2 aromatic carbocycles. The number of carbonyl (C=O) groups is 3. The number of rotatable bonds is 4. The van der Waals surface area contributed by atoms with Gasteiger partial charge in [-0.05, 0) is 49.2 Å². The SMILES string of the molecule is CC(=O)c1cc(C(C)=O)cc(-c2ccccc2C(=O)NO)c1. The molecule has 0 radical (unpaired) electrons. The van der Waals surface area contributed by atoms with E-state index in [1.807, 2.05) is 0 Å². The summed E-state index contributed by atoms with van der Waals surface area (Å²) in [5.74, 6) is -1.00. The monoisotopic (exact) mass is 297 g/mol. The van der Waals surface area contributed by atoms with Crippen molar-refractivity contribution in [2.45, 2.75) is 13.8 Å². The topological polar surface area (TPSA) is 83.5 Å². The first-order valence-corrected chi connectivity index (χ1v) is 6.65. The summed E-state index contributed by atoms with van der Waals surface area (Å²) in [6.07, 6.45) is 0. The van der Waals surface area contributed by atoms with Gasteiger partial charge in [0.25, 0.3) is 5.91 Å². The molecule has 0 aromatic heterocycles. The Kier molecular flexibility index (Phi) is 4.48. The van der Waals surface area contributed by atoms with Gasteiger partial charge < -0.3 is 0 Å². The van der Waals surface area contributed by atoms with Gasteiger partial charge in [-0.15, -0.1) is 0 Å². The van der Waals surface area contributed by atoms with Crippen molar-refractivity contribution in [3.63, 3.8) is 0 Å². The fraction of sp³-hybridized carbons (Fsp3) is 0.118. The van der Waals surface area contributed by atoms with Crippen molar-refractivity contribution < 1.29 is 19.6 Å². The molecule has 2 rings (SSSR count). The van der Waals surface area contributed by atoms with Gasteiger partial charge in [-0.1, -0.05) is 18.2 Å². The van der Waals surface area contributed by atoms with Crippen LogP contribution in [0.3, 0.4) is 0 Å². The van der Waals surface area contributed by atoms with Gasteiger partial charge in [-0.2, -0.15) is 0 Å². The maximum absolute atomic E-state index is 11.8. The predicted octanol–water partition coefficient (Wildman–Crippen LogP) is 2.88. The Morgan fingerprint density at radius 2 is 1.45 bits per heavy atom. The molecule has 0 atom stereocenters. The zero-order chi connectivity index (χ0) is 16.3. The van der Waals surface area contributed by atoms with Crippen molar-refractivity contribution in [1.82, 2.24) is 5.48 Å². The second-order valence-corrected chi connectivity index (χ2v) is 4.90. The number of amides is 1. The van der Waals surface area contributed by atoms with Gasteiger partial charge in [-0.25, -0.2) is 5.48 Å². The highest BCUT2D eigenvalue weighted by Crippen LogP contribution is 2.26. The Labute approximate surface area is 127 Å². The van der Waals surface area contributed by atoms with Crippen molar-refractivity contribution in [3.05, 3.63) is 59.2 Å². The molecular formula is C17H15NO4. The van der Waals surface area contributed by atoms with Gasteiger partial charge in [0.2, 0.25) is 0 Å². The lowest BCUT2D eigenvalue weighted by molar-refractivity contribution is 0.0707. The normalized spacial score (nSPS) is 10.1. The number of nitrogens with one attached hydrogen (secondary N) is 1. The van der Waals surface area contributed by atoms with Crippen LogP contribution in [-0.2, 0) is 0 Å². The molecule has 5 nitrogen and oxygen atoms in total. The van der Waals surface area contributed by atoms with Gasteiger partial charge >= 0.3 is 0 Å². The summed E-state index contributed by atoms with van der Waals surface area (Å²) in [5.41, 5.74) is 3.72. The largest absolute Gasteiger partial charge is 0.295 e. The fourth-order valence-electron chi connectivity index (χ4n) is 2.18. The number of Topliss-reactive ketones (excluding diaryl/α,β-unsaturated/α-hetero) is 2. The average molecular weight is 297 g/mol. The van der Waals surface area contributed by atoms with Gasteiger partial charge in [0.15, 0.2) is 11.6 Å². The van der Waals surface area contributed by atoms with Crippen LogP contribution < -0.4 is 5.48 Å². The molecule has 5 heteroatoms. The molecule has 0 saturated carbocycles. The minimum absolute atomic E-state index is 0.173. The molecule has 0 heterocycles. The molecule has 1 amide bonds. The maximum atomic E-state index is 11.8. The van der Waals surface area contributed by atoms with Crippen LogP contribution in [0.1, 0.15) is 44.9 Å².